The minimum Gasteiger partial charge on any atom is -0.391 e. The Morgan fingerprint density at radius 1 is 0.859 bits per heavy atom. The molecule has 2 aliphatic rings. The minimum absolute atomic E-state index is 0.0307. The third-order valence-electron chi connectivity index (χ3n) is 12.2. The Hall–Kier alpha value is -6.48. The highest BCUT2D eigenvalue weighted by molar-refractivity contribution is 7.89. The summed E-state index contributed by atoms with van der Waals surface area (Å²) in [7, 11) is -3.74. The van der Waals surface area contributed by atoms with Gasteiger partial charge in [0.2, 0.25) is 39.6 Å². The molecule has 5 aromatic rings. The number of carbonyl (C=O) groups excluding carboxylic acids is 4. The molecule has 20 heteroatoms. The lowest BCUT2D eigenvalue weighted by Crippen LogP contribution is -2.57. The van der Waals surface area contributed by atoms with Crippen LogP contribution >= 0.6 is 11.3 Å². The zero-order valence-corrected chi connectivity index (χ0v) is 43.2. The first kappa shape index (κ1) is 52.3. The number of aliphatic hydroxyl groups is 1. The van der Waals surface area contributed by atoms with E-state index in [-0.39, 0.29) is 49.1 Å². The van der Waals surface area contributed by atoms with Gasteiger partial charge in [-0.1, -0.05) is 51.1 Å². The molecule has 2 aromatic heterocycles. The molecule has 4 heterocycles. The van der Waals surface area contributed by atoms with Crippen LogP contribution in [0, 0.1) is 19.3 Å². The van der Waals surface area contributed by atoms with Crippen LogP contribution in [-0.2, 0) is 35.7 Å². The minimum atomic E-state index is -3.74. The van der Waals surface area contributed by atoms with Crippen LogP contribution in [0.25, 0.3) is 10.4 Å². The number of aryl methyl sites for hydroxylation is 2. The Bertz CT molecular complexity index is 2820. The summed E-state index contributed by atoms with van der Waals surface area (Å²) in [5.41, 5.74) is 6.36. The van der Waals surface area contributed by atoms with E-state index in [0.717, 1.165) is 38.6 Å². The summed E-state index contributed by atoms with van der Waals surface area (Å²) < 4.78 is 28.6. The summed E-state index contributed by atoms with van der Waals surface area (Å²) >= 11 is 1.56. The maximum atomic E-state index is 14.1. The predicted molar refractivity (Wildman–Crippen MR) is 276 cm³/mol. The standard InChI is InChI=1S/C51H65N11O7S2/c1-32-28-53-49(58-46(32)55-37-10-9-11-40(26-37)71(68,69)59-51(6,7)8)56-36-16-18-38(19-17-36)60-22-24-61(25-23-60)43(65)21-20-42(64)57-45(50(3,4)5)48(67)62-30-39(63)27-41(62)47(66)52-29-34-12-14-35(15-13-34)44-33(2)54-31-70-44/h9-19,26,28,31,39,41,45,59,63H,20-25,27,29-30H2,1-8H3,(H,52,66)(H,57,64)(H2,53,55,56,58)/t39-,41+,45-/m1/s1. The molecular formula is C51H65N11O7S2. The molecule has 0 bridgehead atoms. The third-order valence-corrected chi connectivity index (χ3v) is 15.0. The van der Waals surface area contributed by atoms with Crippen molar-refractivity contribution in [1.82, 2.24) is 40.1 Å². The number of rotatable bonds is 16. The predicted octanol–water partition coefficient (Wildman–Crippen LogP) is 6.02. The number of carbonyl (C=O) groups is 4. The molecule has 18 nitrogen and oxygen atoms in total. The van der Waals surface area contributed by atoms with Crippen molar-refractivity contribution < 1.29 is 32.7 Å². The van der Waals surface area contributed by atoms with Crippen molar-refractivity contribution in [3.05, 3.63) is 101 Å². The van der Waals surface area contributed by atoms with Gasteiger partial charge in [0.15, 0.2) is 0 Å². The van der Waals surface area contributed by atoms with Gasteiger partial charge in [0.25, 0.3) is 0 Å². The van der Waals surface area contributed by atoms with Gasteiger partial charge >= 0.3 is 0 Å². The molecule has 6 N–H and O–H groups in total. The van der Waals surface area contributed by atoms with Crippen LogP contribution in [0.2, 0.25) is 0 Å². The van der Waals surface area contributed by atoms with Crippen molar-refractivity contribution in [2.75, 3.05) is 48.3 Å². The van der Waals surface area contributed by atoms with E-state index in [2.05, 4.69) is 45.8 Å². The van der Waals surface area contributed by atoms with Crippen LogP contribution in [0.5, 0.6) is 0 Å². The second-order valence-electron chi connectivity index (χ2n) is 20.2. The number of anilines is 5. The second kappa shape index (κ2) is 21.9. The molecule has 3 aromatic carbocycles. The van der Waals surface area contributed by atoms with Crippen LogP contribution in [0.15, 0.2) is 89.4 Å². The number of piperazine rings is 1. The van der Waals surface area contributed by atoms with E-state index < -0.39 is 51.0 Å². The van der Waals surface area contributed by atoms with Gasteiger partial charge < -0.3 is 41.1 Å². The van der Waals surface area contributed by atoms with E-state index in [1.165, 1.54) is 4.90 Å². The number of β-amino-alcohol motifs (C(OH)–C–C–N with tert-alkyl or cyclic N) is 1. The number of sulfonamides is 1. The van der Waals surface area contributed by atoms with Gasteiger partial charge in [-0.25, -0.2) is 23.1 Å². The van der Waals surface area contributed by atoms with Crippen molar-refractivity contribution in [3.63, 3.8) is 0 Å². The van der Waals surface area contributed by atoms with Gasteiger partial charge in [0.1, 0.15) is 17.9 Å². The summed E-state index contributed by atoms with van der Waals surface area (Å²) in [4.78, 5) is 74.3. The van der Waals surface area contributed by atoms with E-state index in [1.54, 1.807) is 73.0 Å². The lowest BCUT2D eigenvalue weighted by Gasteiger charge is -2.36. The van der Waals surface area contributed by atoms with Crippen LogP contribution in [-0.4, -0.2) is 118 Å². The van der Waals surface area contributed by atoms with Gasteiger partial charge in [-0.05, 0) is 93.6 Å². The van der Waals surface area contributed by atoms with Crippen molar-refractivity contribution in [1.29, 1.82) is 0 Å². The van der Waals surface area contributed by atoms with Gasteiger partial charge in [0, 0.05) is 92.9 Å². The number of hydrogen-bond acceptors (Lipinski definition) is 14. The Kier molecular flexibility index (Phi) is 16.1. The molecule has 0 spiro atoms. The molecule has 2 fully saturated rings. The van der Waals surface area contributed by atoms with Crippen LogP contribution in [0.4, 0.5) is 28.8 Å². The fraction of sp³-hybridized carbons (Fsp3) is 0.431. The molecule has 3 atom stereocenters. The summed E-state index contributed by atoms with van der Waals surface area (Å²) in [5.74, 6) is -0.598. The Morgan fingerprint density at radius 3 is 2.21 bits per heavy atom. The smallest absolute Gasteiger partial charge is 0.246 e. The zero-order valence-electron chi connectivity index (χ0n) is 41.6. The summed E-state index contributed by atoms with van der Waals surface area (Å²) in [6.45, 7) is 17.0. The SMILES string of the molecule is Cc1cnc(Nc2ccc(N3CCN(C(=O)CCC(=O)N[C@H](C(=O)N4C[C@H](O)C[C@H]4C(=O)NCc4ccc(-c5scnc5C)cc4)C(C)(C)C)CC3)cc2)nc1Nc1cccc(S(=O)(=O)NC(C)(C)C)c1. The maximum absolute atomic E-state index is 14.1. The Labute approximate surface area is 420 Å². The molecule has 71 heavy (non-hydrogen) atoms. The lowest BCUT2D eigenvalue weighted by atomic mass is 9.85. The fourth-order valence-corrected chi connectivity index (χ4v) is 10.7. The average molecular weight is 1010 g/mol. The molecule has 0 aliphatic carbocycles. The Balaban J connectivity index is 0.867. The van der Waals surface area contributed by atoms with E-state index in [9.17, 15) is 32.7 Å². The molecule has 0 radical (unpaired) electrons. The van der Waals surface area contributed by atoms with Crippen LogP contribution in [0.3, 0.4) is 0 Å². The highest BCUT2D eigenvalue weighted by Gasteiger charge is 2.44. The van der Waals surface area contributed by atoms with Gasteiger partial charge in [-0.3, -0.25) is 19.2 Å². The van der Waals surface area contributed by atoms with Gasteiger partial charge in [-0.15, -0.1) is 11.3 Å². The van der Waals surface area contributed by atoms with Crippen molar-refractivity contribution in [2.24, 2.45) is 5.41 Å². The quantitative estimate of drug-likeness (QED) is 0.0665. The van der Waals surface area contributed by atoms with Crippen LogP contribution in [0.1, 0.15) is 77.6 Å². The molecule has 0 saturated carbocycles. The van der Waals surface area contributed by atoms with E-state index in [0.29, 0.717) is 43.6 Å². The molecule has 7 rings (SSSR count). The average Bonchev–Trinajstić information content (AvgIpc) is 3.94. The topological polar surface area (TPSA) is 231 Å². The summed E-state index contributed by atoms with van der Waals surface area (Å²) in [6, 6.07) is 20.2. The number of aromatic nitrogens is 3. The number of hydrogen-bond donors (Lipinski definition) is 6. The van der Waals surface area contributed by atoms with Gasteiger partial charge in [-0.2, -0.15) is 4.98 Å². The first-order valence-corrected chi connectivity index (χ1v) is 26.1. The highest BCUT2D eigenvalue weighted by Crippen LogP contribution is 2.30. The molecule has 4 amide bonds. The van der Waals surface area contributed by atoms with Crippen LogP contribution < -0.4 is 30.9 Å². The third kappa shape index (κ3) is 13.7. The number of benzene rings is 3. The van der Waals surface area contributed by atoms with Gasteiger partial charge in [0.05, 0.1) is 27.1 Å². The second-order valence-corrected chi connectivity index (χ2v) is 22.8. The van der Waals surface area contributed by atoms with Crippen molar-refractivity contribution in [3.8, 4) is 10.4 Å². The maximum Gasteiger partial charge on any atom is 0.246 e. The van der Waals surface area contributed by atoms with E-state index in [4.69, 9.17) is 0 Å². The van der Waals surface area contributed by atoms with Crippen molar-refractivity contribution in [2.45, 2.75) is 110 Å². The largest absolute Gasteiger partial charge is 0.391 e. The highest BCUT2D eigenvalue weighted by atomic mass is 32.2. The fourth-order valence-electron chi connectivity index (χ4n) is 8.46. The van der Waals surface area contributed by atoms with Crippen molar-refractivity contribution >= 4 is 73.8 Å². The number of thiazole rings is 1. The number of amides is 4. The van der Waals surface area contributed by atoms with E-state index >= 15 is 0 Å². The number of aliphatic hydroxyl groups excluding tert-OH is 1. The van der Waals surface area contributed by atoms with E-state index in [1.807, 2.05) is 83.1 Å². The molecular weight excluding hydrogens is 943 g/mol. The summed E-state index contributed by atoms with van der Waals surface area (Å²) in [6.07, 6.45) is 0.713. The summed E-state index contributed by atoms with van der Waals surface area (Å²) in [5, 5.41) is 22.9. The molecule has 0 unspecified atom stereocenters. The molecule has 378 valence electrons. The Morgan fingerprint density at radius 2 is 1.56 bits per heavy atom. The molecule has 2 aliphatic heterocycles. The molecule has 2 saturated heterocycles. The first-order chi connectivity index (χ1) is 33.5. The zero-order chi connectivity index (χ0) is 51.3. The normalized spacial score (nSPS) is 16.9. The lowest BCUT2D eigenvalue weighted by molar-refractivity contribution is -0.144. The number of likely N-dealkylation sites (tertiary alicyclic amines) is 1. The first-order valence-electron chi connectivity index (χ1n) is 23.7. The number of nitrogens with zero attached hydrogens (tertiary/aromatic N) is 6. The monoisotopic (exact) mass is 1010 g/mol. The number of nitrogens with one attached hydrogen (secondary N) is 5.